The van der Waals surface area contributed by atoms with E-state index in [2.05, 4.69) is 163 Å². The first-order chi connectivity index (χ1) is 21.3. The molecule has 0 bridgehead atoms. The fraction of sp³-hybridized carbons (Fsp3) is 0.0244. The Balaban J connectivity index is 1.28. The van der Waals surface area contributed by atoms with Crippen LogP contribution in [0, 0.1) is 0 Å². The van der Waals surface area contributed by atoms with Crippen molar-refractivity contribution in [3.05, 3.63) is 180 Å². The molecule has 2 heteroatoms. The van der Waals surface area contributed by atoms with Crippen LogP contribution >= 0.6 is 0 Å². The molecule has 9 rings (SSSR count). The van der Waals surface area contributed by atoms with Crippen molar-refractivity contribution in [2.24, 2.45) is 0 Å². The maximum atomic E-state index is 6.29. The van der Waals surface area contributed by atoms with Crippen LogP contribution in [0.4, 0.5) is 11.4 Å². The van der Waals surface area contributed by atoms with Crippen LogP contribution in [0.5, 0.6) is 0 Å². The van der Waals surface area contributed by atoms with Gasteiger partial charge in [0.2, 0.25) is 0 Å². The average molecular weight is 550 g/mol. The molecule has 0 spiro atoms. The molecule has 2 nitrogen and oxygen atoms in total. The zero-order valence-corrected chi connectivity index (χ0v) is 23.4. The first-order valence-corrected chi connectivity index (χ1v) is 14.8. The standard InChI is InChI=1S/C41H27NO/c1-2-13-28(14-3-1)41(34-18-8-6-16-31(34)32-17-7-9-19-35(32)41)36-20-10-11-21-37(36)42-29-23-25-38-33(26-29)40-30-15-5-4-12-27(30)22-24-39(40)43-38/h1-26,42H. The average Bonchev–Trinajstić information content (AvgIpc) is 3.59. The van der Waals surface area contributed by atoms with Crippen LogP contribution in [-0.2, 0) is 5.41 Å². The Kier molecular flexibility index (Phi) is 5.15. The van der Waals surface area contributed by atoms with Crippen molar-refractivity contribution < 1.29 is 4.42 Å². The first kappa shape index (κ1) is 24.0. The second-order valence-corrected chi connectivity index (χ2v) is 11.4. The Labute approximate surface area is 249 Å². The van der Waals surface area contributed by atoms with E-state index in [-0.39, 0.29) is 0 Å². The van der Waals surface area contributed by atoms with Crippen LogP contribution in [0.2, 0.25) is 0 Å². The quantitative estimate of drug-likeness (QED) is 0.236. The minimum absolute atomic E-state index is 0.472. The van der Waals surface area contributed by atoms with Gasteiger partial charge in [0, 0.05) is 22.1 Å². The summed E-state index contributed by atoms with van der Waals surface area (Å²) in [4.78, 5) is 0. The summed E-state index contributed by atoms with van der Waals surface area (Å²) in [6.45, 7) is 0. The fourth-order valence-electron chi connectivity index (χ4n) is 7.38. The highest BCUT2D eigenvalue weighted by Crippen LogP contribution is 2.57. The van der Waals surface area contributed by atoms with E-state index in [1.165, 1.54) is 44.2 Å². The van der Waals surface area contributed by atoms with Crippen LogP contribution in [0.1, 0.15) is 22.3 Å². The molecule has 1 heterocycles. The largest absolute Gasteiger partial charge is 0.456 e. The minimum atomic E-state index is -0.472. The monoisotopic (exact) mass is 549 g/mol. The van der Waals surface area contributed by atoms with E-state index < -0.39 is 5.41 Å². The topological polar surface area (TPSA) is 25.2 Å². The van der Waals surface area contributed by atoms with Gasteiger partial charge in [0.15, 0.2) is 0 Å². The van der Waals surface area contributed by atoms with Crippen LogP contribution in [0.25, 0.3) is 43.8 Å². The van der Waals surface area contributed by atoms with E-state index in [1.54, 1.807) is 0 Å². The Morgan fingerprint density at radius 3 is 1.88 bits per heavy atom. The Hall–Kier alpha value is -5.60. The highest BCUT2D eigenvalue weighted by atomic mass is 16.3. The minimum Gasteiger partial charge on any atom is -0.456 e. The molecule has 1 aliphatic carbocycles. The molecule has 7 aromatic carbocycles. The van der Waals surface area contributed by atoms with E-state index in [0.29, 0.717) is 0 Å². The van der Waals surface area contributed by atoms with E-state index in [9.17, 15) is 0 Å². The maximum absolute atomic E-state index is 6.29. The van der Waals surface area contributed by atoms with Crippen molar-refractivity contribution in [3.8, 4) is 11.1 Å². The van der Waals surface area contributed by atoms with E-state index in [1.807, 2.05) is 0 Å². The van der Waals surface area contributed by atoms with Gasteiger partial charge in [-0.2, -0.15) is 0 Å². The summed E-state index contributed by atoms with van der Waals surface area (Å²) < 4.78 is 6.29. The summed E-state index contributed by atoms with van der Waals surface area (Å²) in [7, 11) is 0. The summed E-state index contributed by atoms with van der Waals surface area (Å²) in [6, 6.07) is 56.6. The zero-order valence-electron chi connectivity index (χ0n) is 23.4. The Bertz CT molecular complexity index is 2280. The molecule has 1 aromatic heterocycles. The predicted octanol–water partition coefficient (Wildman–Crippen LogP) is 10.8. The summed E-state index contributed by atoms with van der Waals surface area (Å²) in [6.07, 6.45) is 0. The van der Waals surface area contributed by atoms with Crippen molar-refractivity contribution in [1.29, 1.82) is 0 Å². The number of nitrogens with one attached hydrogen (secondary N) is 1. The van der Waals surface area contributed by atoms with Crippen LogP contribution in [0.3, 0.4) is 0 Å². The molecule has 0 aliphatic heterocycles. The second-order valence-electron chi connectivity index (χ2n) is 11.4. The number of fused-ring (bicyclic) bond motifs is 8. The SMILES string of the molecule is c1ccc(C2(c3ccccc3Nc3ccc4oc5ccc6ccccc6c5c4c3)c3ccccc3-c3ccccc32)cc1. The van der Waals surface area contributed by atoms with Crippen molar-refractivity contribution in [2.45, 2.75) is 5.41 Å². The van der Waals surface area contributed by atoms with Gasteiger partial charge in [-0.05, 0) is 74.5 Å². The summed E-state index contributed by atoms with van der Waals surface area (Å²) in [5.41, 5.74) is 11.1. The van der Waals surface area contributed by atoms with Crippen molar-refractivity contribution in [2.75, 3.05) is 5.32 Å². The van der Waals surface area contributed by atoms with Gasteiger partial charge >= 0.3 is 0 Å². The first-order valence-electron chi connectivity index (χ1n) is 14.8. The number of hydrogen-bond donors (Lipinski definition) is 1. The van der Waals surface area contributed by atoms with Crippen molar-refractivity contribution in [3.63, 3.8) is 0 Å². The van der Waals surface area contributed by atoms with Gasteiger partial charge in [-0.3, -0.25) is 0 Å². The van der Waals surface area contributed by atoms with Gasteiger partial charge in [0.05, 0.1) is 5.41 Å². The van der Waals surface area contributed by atoms with E-state index in [4.69, 9.17) is 4.42 Å². The molecule has 43 heavy (non-hydrogen) atoms. The van der Waals surface area contributed by atoms with Gasteiger partial charge in [-0.1, -0.05) is 127 Å². The molecule has 1 N–H and O–H groups in total. The number of hydrogen-bond acceptors (Lipinski definition) is 2. The lowest BCUT2D eigenvalue weighted by Crippen LogP contribution is -2.29. The highest BCUT2D eigenvalue weighted by molar-refractivity contribution is 6.19. The van der Waals surface area contributed by atoms with E-state index >= 15 is 0 Å². The smallest absolute Gasteiger partial charge is 0.136 e. The molecule has 8 aromatic rings. The molecular weight excluding hydrogens is 522 g/mol. The highest BCUT2D eigenvalue weighted by Gasteiger charge is 2.46. The maximum Gasteiger partial charge on any atom is 0.136 e. The van der Waals surface area contributed by atoms with Crippen LogP contribution in [0.15, 0.2) is 162 Å². The lowest BCUT2D eigenvalue weighted by molar-refractivity contribution is 0.669. The summed E-state index contributed by atoms with van der Waals surface area (Å²) >= 11 is 0. The second kappa shape index (κ2) is 9.20. The summed E-state index contributed by atoms with van der Waals surface area (Å²) in [5, 5.41) is 8.55. The van der Waals surface area contributed by atoms with Gasteiger partial charge in [-0.25, -0.2) is 0 Å². The van der Waals surface area contributed by atoms with Crippen molar-refractivity contribution >= 4 is 44.1 Å². The van der Waals surface area contributed by atoms with Crippen molar-refractivity contribution in [1.82, 2.24) is 0 Å². The molecular formula is C41H27NO. The fourth-order valence-corrected chi connectivity index (χ4v) is 7.38. The molecule has 0 radical (unpaired) electrons. The Morgan fingerprint density at radius 2 is 1.09 bits per heavy atom. The van der Waals surface area contributed by atoms with Gasteiger partial charge in [0.25, 0.3) is 0 Å². The van der Waals surface area contributed by atoms with Gasteiger partial charge < -0.3 is 9.73 Å². The summed E-state index contributed by atoms with van der Waals surface area (Å²) in [5.74, 6) is 0. The molecule has 0 fully saturated rings. The third kappa shape index (κ3) is 3.41. The molecule has 0 unspecified atom stereocenters. The normalized spacial score (nSPS) is 13.3. The van der Waals surface area contributed by atoms with Gasteiger partial charge in [-0.15, -0.1) is 0 Å². The molecule has 202 valence electrons. The van der Waals surface area contributed by atoms with E-state index in [0.717, 1.165) is 33.3 Å². The van der Waals surface area contributed by atoms with Crippen LogP contribution < -0.4 is 5.32 Å². The van der Waals surface area contributed by atoms with Crippen LogP contribution in [-0.4, -0.2) is 0 Å². The molecule has 1 aliphatic rings. The Morgan fingerprint density at radius 1 is 0.465 bits per heavy atom. The zero-order chi connectivity index (χ0) is 28.4. The predicted molar refractivity (Wildman–Crippen MR) is 178 cm³/mol. The molecule has 0 amide bonds. The lowest BCUT2D eigenvalue weighted by Gasteiger charge is -2.35. The van der Waals surface area contributed by atoms with Gasteiger partial charge in [0.1, 0.15) is 11.2 Å². The molecule has 0 saturated carbocycles. The third-order valence-electron chi connectivity index (χ3n) is 9.13. The molecule has 0 saturated heterocycles. The number of anilines is 2. The third-order valence-corrected chi connectivity index (χ3v) is 9.13. The number of furan rings is 1. The number of benzene rings is 7. The number of para-hydroxylation sites is 1. The lowest BCUT2D eigenvalue weighted by atomic mass is 9.67. The number of rotatable bonds is 4. The molecule has 0 atom stereocenters.